The number of nitrogens with two attached hydrogens (primary N) is 1. The Balaban J connectivity index is 2.44. The molecule has 1 atom stereocenters. The molecule has 16 heavy (non-hydrogen) atoms. The van der Waals surface area contributed by atoms with Crippen LogP contribution in [-0.2, 0) is 6.42 Å². The van der Waals surface area contributed by atoms with Gasteiger partial charge in [-0.05, 0) is 37.5 Å². The molecule has 1 aliphatic rings. The molecule has 0 saturated heterocycles. The van der Waals surface area contributed by atoms with E-state index >= 15 is 0 Å². The van der Waals surface area contributed by atoms with Crippen LogP contribution in [0.3, 0.4) is 0 Å². The van der Waals surface area contributed by atoms with E-state index in [9.17, 15) is 0 Å². The van der Waals surface area contributed by atoms with Gasteiger partial charge in [-0.1, -0.05) is 11.6 Å². The Morgan fingerprint density at radius 2 is 2.12 bits per heavy atom. The summed E-state index contributed by atoms with van der Waals surface area (Å²) in [5.74, 6) is 1.40. The first-order chi connectivity index (χ1) is 7.59. The minimum atomic E-state index is 0.109. The van der Waals surface area contributed by atoms with E-state index in [0.717, 1.165) is 23.3 Å². The van der Waals surface area contributed by atoms with Crippen molar-refractivity contribution in [1.82, 2.24) is 0 Å². The van der Waals surface area contributed by atoms with Gasteiger partial charge in [0.2, 0.25) is 0 Å². The molecule has 0 spiro atoms. The molecule has 0 aliphatic carbocycles. The molecule has 1 aromatic rings. The average Bonchev–Trinajstić information content (AvgIpc) is 2.25. The van der Waals surface area contributed by atoms with E-state index in [1.807, 2.05) is 19.9 Å². The Hall–Kier alpha value is -0.930. The Kier molecular flexibility index (Phi) is 3.26. The van der Waals surface area contributed by atoms with Crippen LogP contribution in [0, 0.1) is 6.92 Å². The van der Waals surface area contributed by atoms with Gasteiger partial charge in [0.05, 0.1) is 5.02 Å². The number of rotatable bonds is 2. The highest BCUT2D eigenvalue weighted by atomic mass is 35.5. The van der Waals surface area contributed by atoms with Crippen LogP contribution >= 0.6 is 11.6 Å². The lowest BCUT2D eigenvalue weighted by atomic mass is 10.0. The fraction of sp³-hybridized carbons (Fsp3) is 0.500. The fourth-order valence-corrected chi connectivity index (χ4v) is 2.12. The molecular weight excluding hydrogens is 226 g/mol. The lowest BCUT2D eigenvalue weighted by Gasteiger charge is -2.22. The Morgan fingerprint density at radius 1 is 1.44 bits per heavy atom. The van der Waals surface area contributed by atoms with Crippen LogP contribution in [-0.4, -0.2) is 19.3 Å². The third-order valence-corrected chi connectivity index (χ3v) is 3.12. The van der Waals surface area contributed by atoms with Crippen molar-refractivity contribution in [3.63, 3.8) is 0 Å². The third kappa shape index (κ3) is 2.11. The van der Waals surface area contributed by atoms with Gasteiger partial charge < -0.3 is 15.2 Å². The summed E-state index contributed by atoms with van der Waals surface area (Å²) in [5, 5.41) is 0.646. The molecule has 0 bridgehead atoms. The zero-order valence-corrected chi connectivity index (χ0v) is 10.3. The molecule has 2 rings (SSSR count). The van der Waals surface area contributed by atoms with Gasteiger partial charge in [-0.15, -0.1) is 0 Å². The zero-order chi connectivity index (χ0) is 11.7. The molecule has 3 nitrogen and oxygen atoms in total. The molecule has 1 aromatic carbocycles. The molecule has 1 unspecified atom stereocenters. The monoisotopic (exact) mass is 241 g/mol. The van der Waals surface area contributed by atoms with E-state index in [1.54, 1.807) is 0 Å². The van der Waals surface area contributed by atoms with Crippen molar-refractivity contribution in [2.45, 2.75) is 26.3 Å². The van der Waals surface area contributed by atoms with Crippen LogP contribution in [0.25, 0.3) is 0 Å². The van der Waals surface area contributed by atoms with Crippen molar-refractivity contribution in [3.05, 3.63) is 22.2 Å². The van der Waals surface area contributed by atoms with Gasteiger partial charge in [-0.3, -0.25) is 0 Å². The summed E-state index contributed by atoms with van der Waals surface area (Å²) >= 11 is 6.25. The van der Waals surface area contributed by atoms with Gasteiger partial charge in [0.25, 0.3) is 0 Å². The van der Waals surface area contributed by atoms with Crippen molar-refractivity contribution >= 4 is 11.6 Å². The molecule has 1 heterocycles. The van der Waals surface area contributed by atoms with Crippen molar-refractivity contribution in [1.29, 1.82) is 0 Å². The summed E-state index contributed by atoms with van der Waals surface area (Å²) in [4.78, 5) is 0. The average molecular weight is 242 g/mol. The maximum Gasteiger partial charge on any atom is 0.180 e. The number of hydrogen-bond acceptors (Lipinski definition) is 3. The van der Waals surface area contributed by atoms with Crippen LogP contribution in [0.2, 0.25) is 5.02 Å². The van der Waals surface area contributed by atoms with E-state index in [1.165, 1.54) is 0 Å². The van der Waals surface area contributed by atoms with Crippen molar-refractivity contribution < 1.29 is 9.47 Å². The largest absolute Gasteiger partial charge is 0.486 e. The molecule has 0 amide bonds. The second kappa shape index (κ2) is 4.52. The standard InChI is InChI=1S/C12H16ClNO2/c1-7(14)5-9-6-10-12(11(13)8(9)2)16-4-3-15-10/h6-7H,3-5,14H2,1-2H3. The van der Waals surface area contributed by atoms with Gasteiger partial charge in [-0.25, -0.2) is 0 Å². The Morgan fingerprint density at radius 3 is 2.81 bits per heavy atom. The van der Waals surface area contributed by atoms with Crippen LogP contribution in [0.4, 0.5) is 0 Å². The molecule has 0 aromatic heterocycles. The first-order valence-electron chi connectivity index (χ1n) is 5.42. The van der Waals surface area contributed by atoms with Gasteiger partial charge in [0.1, 0.15) is 13.2 Å². The number of fused-ring (bicyclic) bond motifs is 1. The number of halogens is 1. The molecular formula is C12H16ClNO2. The molecule has 1 aliphatic heterocycles. The minimum absolute atomic E-state index is 0.109. The van der Waals surface area contributed by atoms with Gasteiger partial charge in [0, 0.05) is 6.04 Å². The quantitative estimate of drug-likeness (QED) is 0.864. The van der Waals surface area contributed by atoms with E-state index in [0.29, 0.717) is 24.0 Å². The van der Waals surface area contributed by atoms with Crippen LogP contribution < -0.4 is 15.2 Å². The topological polar surface area (TPSA) is 44.5 Å². The van der Waals surface area contributed by atoms with Gasteiger partial charge >= 0.3 is 0 Å². The fourth-order valence-electron chi connectivity index (χ4n) is 1.85. The lowest BCUT2D eigenvalue weighted by Crippen LogP contribution is -2.20. The summed E-state index contributed by atoms with van der Waals surface area (Å²) in [6, 6.07) is 2.09. The molecule has 0 fully saturated rings. The van der Waals surface area contributed by atoms with Crippen LogP contribution in [0.1, 0.15) is 18.1 Å². The molecule has 88 valence electrons. The number of ether oxygens (including phenoxy) is 2. The Bertz CT molecular complexity index is 404. The predicted octanol–water partition coefficient (Wildman–Crippen LogP) is 2.31. The first kappa shape index (κ1) is 11.6. The summed E-state index contributed by atoms with van der Waals surface area (Å²) in [7, 11) is 0. The summed E-state index contributed by atoms with van der Waals surface area (Å²) in [5.41, 5.74) is 7.96. The summed E-state index contributed by atoms with van der Waals surface area (Å²) in [6.45, 7) is 5.09. The smallest absolute Gasteiger partial charge is 0.180 e. The number of benzene rings is 1. The molecule has 0 saturated carbocycles. The maximum atomic E-state index is 6.25. The predicted molar refractivity (Wildman–Crippen MR) is 64.5 cm³/mol. The SMILES string of the molecule is Cc1c(CC(C)N)cc2c(c1Cl)OCCO2. The van der Waals surface area contributed by atoms with Crippen molar-refractivity contribution in [3.8, 4) is 11.5 Å². The van der Waals surface area contributed by atoms with E-state index < -0.39 is 0 Å². The van der Waals surface area contributed by atoms with Gasteiger partial charge in [0.15, 0.2) is 11.5 Å². The van der Waals surface area contributed by atoms with Crippen molar-refractivity contribution in [2.24, 2.45) is 5.73 Å². The van der Waals surface area contributed by atoms with Crippen LogP contribution in [0.15, 0.2) is 6.07 Å². The highest BCUT2D eigenvalue weighted by Gasteiger charge is 2.20. The minimum Gasteiger partial charge on any atom is -0.486 e. The van der Waals surface area contributed by atoms with E-state index in [4.69, 9.17) is 26.8 Å². The summed E-state index contributed by atoms with van der Waals surface area (Å²) in [6.07, 6.45) is 0.794. The second-order valence-electron chi connectivity index (χ2n) is 4.18. The van der Waals surface area contributed by atoms with E-state index in [2.05, 4.69) is 0 Å². The molecule has 2 N–H and O–H groups in total. The third-order valence-electron chi connectivity index (χ3n) is 2.67. The number of hydrogen-bond donors (Lipinski definition) is 1. The maximum absolute atomic E-state index is 6.25. The molecule has 0 radical (unpaired) electrons. The first-order valence-corrected chi connectivity index (χ1v) is 5.80. The van der Waals surface area contributed by atoms with Gasteiger partial charge in [-0.2, -0.15) is 0 Å². The highest BCUT2D eigenvalue weighted by Crippen LogP contribution is 2.41. The van der Waals surface area contributed by atoms with Crippen molar-refractivity contribution in [2.75, 3.05) is 13.2 Å². The normalized spacial score (nSPS) is 16.0. The summed E-state index contributed by atoms with van der Waals surface area (Å²) < 4.78 is 11.0. The Labute approximate surface area is 100 Å². The second-order valence-corrected chi connectivity index (χ2v) is 4.56. The lowest BCUT2D eigenvalue weighted by molar-refractivity contribution is 0.171. The highest BCUT2D eigenvalue weighted by molar-refractivity contribution is 6.33. The molecule has 4 heteroatoms. The van der Waals surface area contributed by atoms with Crippen LogP contribution in [0.5, 0.6) is 11.5 Å². The van der Waals surface area contributed by atoms with E-state index in [-0.39, 0.29) is 6.04 Å². The zero-order valence-electron chi connectivity index (χ0n) is 9.55.